The predicted molar refractivity (Wildman–Crippen MR) is 106 cm³/mol. The molecule has 2 aromatic heterocycles. The predicted octanol–water partition coefficient (Wildman–Crippen LogP) is 3.74. The lowest BCUT2D eigenvalue weighted by molar-refractivity contribution is -0.115. The first-order chi connectivity index (χ1) is 13.5. The van der Waals surface area contributed by atoms with Gasteiger partial charge in [0.05, 0.1) is 4.91 Å². The van der Waals surface area contributed by atoms with Gasteiger partial charge in [-0.3, -0.25) is 24.7 Å². The average Bonchev–Trinajstić information content (AvgIpc) is 3.22. The van der Waals surface area contributed by atoms with Crippen molar-refractivity contribution in [3.05, 3.63) is 69.5 Å². The highest BCUT2D eigenvalue weighted by molar-refractivity contribution is 8.18. The topological polar surface area (TPSA) is 101 Å². The van der Waals surface area contributed by atoms with Gasteiger partial charge < -0.3 is 9.73 Å². The van der Waals surface area contributed by atoms with Crippen LogP contribution in [0, 0.1) is 0 Å². The maximum absolute atomic E-state index is 12.6. The van der Waals surface area contributed by atoms with E-state index in [4.69, 9.17) is 16.0 Å². The van der Waals surface area contributed by atoms with Gasteiger partial charge in [-0.05, 0) is 35.5 Å². The number of fused-ring (bicyclic) bond motifs is 1. The monoisotopic (exact) mass is 413 g/mol. The van der Waals surface area contributed by atoms with Gasteiger partial charge in [0, 0.05) is 35.4 Å². The van der Waals surface area contributed by atoms with Crippen LogP contribution in [0.4, 0.5) is 4.79 Å². The number of carbonyl (C=O) groups is 3. The van der Waals surface area contributed by atoms with Crippen molar-refractivity contribution in [1.29, 1.82) is 0 Å². The standard InChI is InChI=1S/C19H12ClN3O4S/c20-12-3-1-10(2-4-12)7-22-17(24)14-9-21-8-11-5-13(27-16(11)14)6-15-18(25)23-19(26)28-15/h1-6,8-9H,7H2,(H,22,24)(H,23,25,26)/b15-6-. The first kappa shape index (κ1) is 18.3. The fourth-order valence-electron chi connectivity index (χ4n) is 2.65. The Balaban J connectivity index is 1.57. The lowest BCUT2D eigenvalue weighted by Gasteiger charge is -2.05. The van der Waals surface area contributed by atoms with E-state index in [0.717, 1.165) is 17.3 Å². The first-order valence-corrected chi connectivity index (χ1v) is 9.34. The molecule has 3 heterocycles. The number of furan rings is 1. The van der Waals surface area contributed by atoms with Gasteiger partial charge in [-0.25, -0.2) is 0 Å². The largest absolute Gasteiger partial charge is 0.456 e. The van der Waals surface area contributed by atoms with E-state index in [1.165, 1.54) is 12.3 Å². The minimum atomic E-state index is -0.477. The molecule has 1 fully saturated rings. The Hall–Kier alpha value is -3.10. The van der Waals surface area contributed by atoms with E-state index in [1.807, 2.05) is 12.1 Å². The summed E-state index contributed by atoms with van der Waals surface area (Å²) in [5, 5.41) is 5.79. The van der Waals surface area contributed by atoms with Gasteiger partial charge in [0.2, 0.25) is 0 Å². The van der Waals surface area contributed by atoms with Crippen LogP contribution in [-0.4, -0.2) is 22.0 Å². The third kappa shape index (κ3) is 3.78. The molecule has 0 aliphatic carbocycles. The maximum atomic E-state index is 12.6. The molecule has 28 heavy (non-hydrogen) atoms. The fraction of sp³-hybridized carbons (Fsp3) is 0.0526. The van der Waals surface area contributed by atoms with Gasteiger partial charge in [-0.15, -0.1) is 0 Å². The number of nitrogens with zero attached hydrogens (tertiary/aromatic N) is 1. The summed E-state index contributed by atoms with van der Waals surface area (Å²) in [4.78, 5) is 39.8. The van der Waals surface area contributed by atoms with E-state index < -0.39 is 11.1 Å². The molecule has 2 N–H and O–H groups in total. The summed E-state index contributed by atoms with van der Waals surface area (Å²) in [6.45, 7) is 0.322. The molecule has 0 radical (unpaired) electrons. The van der Waals surface area contributed by atoms with Gasteiger partial charge >= 0.3 is 0 Å². The third-order valence-corrected chi connectivity index (χ3v) is 5.03. The molecule has 0 unspecified atom stereocenters. The van der Waals surface area contributed by atoms with Crippen molar-refractivity contribution in [2.24, 2.45) is 0 Å². The number of imide groups is 1. The fourth-order valence-corrected chi connectivity index (χ4v) is 3.43. The Kier molecular flexibility index (Phi) is 4.89. The quantitative estimate of drug-likeness (QED) is 0.632. The Bertz CT molecular complexity index is 1140. The lowest BCUT2D eigenvalue weighted by Crippen LogP contribution is -2.23. The smallest absolute Gasteiger partial charge is 0.290 e. The molecule has 4 rings (SSSR count). The number of thioether (sulfide) groups is 1. The Morgan fingerprint density at radius 2 is 2.04 bits per heavy atom. The number of nitrogens with one attached hydrogen (secondary N) is 2. The van der Waals surface area contributed by atoms with Crippen molar-refractivity contribution in [3.63, 3.8) is 0 Å². The van der Waals surface area contributed by atoms with Gasteiger partial charge in [0.15, 0.2) is 5.58 Å². The number of hydrogen-bond acceptors (Lipinski definition) is 6. The summed E-state index contributed by atoms with van der Waals surface area (Å²) < 4.78 is 5.73. The normalized spacial score (nSPS) is 15.2. The van der Waals surface area contributed by atoms with E-state index in [2.05, 4.69) is 15.6 Å². The van der Waals surface area contributed by atoms with Crippen LogP contribution in [-0.2, 0) is 11.3 Å². The van der Waals surface area contributed by atoms with E-state index in [-0.39, 0.29) is 16.4 Å². The first-order valence-electron chi connectivity index (χ1n) is 8.14. The molecule has 9 heteroatoms. The van der Waals surface area contributed by atoms with Gasteiger partial charge in [-0.2, -0.15) is 0 Å². The van der Waals surface area contributed by atoms with Crippen molar-refractivity contribution >= 4 is 57.5 Å². The molecule has 1 aliphatic heterocycles. The number of rotatable bonds is 4. The summed E-state index contributed by atoms with van der Waals surface area (Å²) in [5.41, 5.74) is 1.53. The number of hydrogen-bond donors (Lipinski definition) is 2. The highest BCUT2D eigenvalue weighted by Gasteiger charge is 2.25. The van der Waals surface area contributed by atoms with Crippen LogP contribution in [0.25, 0.3) is 17.0 Å². The van der Waals surface area contributed by atoms with Crippen LogP contribution in [0.5, 0.6) is 0 Å². The molecule has 7 nitrogen and oxygen atoms in total. The molecule has 0 bridgehead atoms. The molecule has 3 aromatic rings. The van der Waals surface area contributed by atoms with Crippen LogP contribution < -0.4 is 10.6 Å². The van der Waals surface area contributed by atoms with E-state index >= 15 is 0 Å². The molecule has 0 spiro atoms. The number of carbonyl (C=O) groups excluding carboxylic acids is 3. The van der Waals surface area contributed by atoms with Crippen LogP contribution in [0.2, 0.25) is 5.02 Å². The average molecular weight is 414 g/mol. The molecule has 1 saturated heterocycles. The second kappa shape index (κ2) is 7.49. The number of halogens is 1. The zero-order valence-electron chi connectivity index (χ0n) is 14.2. The number of benzene rings is 1. The maximum Gasteiger partial charge on any atom is 0.290 e. The summed E-state index contributed by atoms with van der Waals surface area (Å²) in [7, 11) is 0. The van der Waals surface area contributed by atoms with Crippen molar-refractivity contribution in [1.82, 2.24) is 15.6 Å². The van der Waals surface area contributed by atoms with E-state index in [1.54, 1.807) is 24.4 Å². The lowest BCUT2D eigenvalue weighted by atomic mass is 10.2. The molecule has 1 aliphatic rings. The molecule has 1 aromatic carbocycles. The number of amides is 3. The Morgan fingerprint density at radius 1 is 1.25 bits per heavy atom. The van der Waals surface area contributed by atoms with Gasteiger partial charge in [0.1, 0.15) is 11.3 Å². The minimum absolute atomic E-state index is 0.228. The second-order valence-corrected chi connectivity index (χ2v) is 7.37. The molecule has 0 saturated carbocycles. The zero-order valence-corrected chi connectivity index (χ0v) is 15.8. The van der Waals surface area contributed by atoms with Crippen LogP contribution in [0.3, 0.4) is 0 Å². The molecule has 140 valence electrons. The number of aromatic nitrogens is 1. The molecular weight excluding hydrogens is 402 g/mol. The van der Waals surface area contributed by atoms with Gasteiger partial charge in [0.25, 0.3) is 17.1 Å². The molecular formula is C19H12ClN3O4S. The summed E-state index contributed by atoms with van der Waals surface area (Å²) in [5.74, 6) is -0.471. The van der Waals surface area contributed by atoms with Crippen LogP contribution in [0.1, 0.15) is 21.7 Å². The van der Waals surface area contributed by atoms with Crippen molar-refractivity contribution in [2.75, 3.05) is 0 Å². The van der Waals surface area contributed by atoms with E-state index in [0.29, 0.717) is 28.3 Å². The molecule has 0 atom stereocenters. The Morgan fingerprint density at radius 3 is 2.75 bits per heavy atom. The molecule has 3 amide bonds. The highest BCUT2D eigenvalue weighted by Crippen LogP contribution is 2.29. The Labute approximate surface area is 168 Å². The van der Waals surface area contributed by atoms with Crippen molar-refractivity contribution in [2.45, 2.75) is 6.54 Å². The highest BCUT2D eigenvalue weighted by atomic mass is 35.5. The van der Waals surface area contributed by atoms with Crippen molar-refractivity contribution < 1.29 is 18.8 Å². The number of pyridine rings is 1. The van der Waals surface area contributed by atoms with Gasteiger partial charge in [-0.1, -0.05) is 23.7 Å². The van der Waals surface area contributed by atoms with Crippen molar-refractivity contribution in [3.8, 4) is 0 Å². The van der Waals surface area contributed by atoms with Crippen LogP contribution >= 0.6 is 23.4 Å². The summed E-state index contributed by atoms with van der Waals surface area (Å²) in [6.07, 6.45) is 4.44. The van der Waals surface area contributed by atoms with Crippen LogP contribution in [0.15, 0.2) is 52.0 Å². The summed E-state index contributed by atoms with van der Waals surface area (Å²) in [6, 6.07) is 8.80. The SMILES string of the molecule is O=C1NC(=O)/C(=C/c2cc3cncc(C(=O)NCc4ccc(Cl)cc4)c3o2)S1. The summed E-state index contributed by atoms with van der Waals surface area (Å²) >= 11 is 6.65. The second-order valence-electron chi connectivity index (χ2n) is 5.92. The van der Waals surface area contributed by atoms with E-state index in [9.17, 15) is 14.4 Å². The third-order valence-electron chi connectivity index (χ3n) is 3.97. The zero-order chi connectivity index (χ0) is 19.7. The minimum Gasteiger partial charge on any atom is -0.456 e.